The van der Waals surface area contributed by atoms with E-state index in [1.165, 1.54) is 11.3 Å². The van der Waals surface area contributed by atoms with Crippen molar-refractivity contribution in [3.63, 3.8) is 0 Å². The van der Waals surface area contributed by atoms with Crippen molar-refractivity contribution in [3.8, 4) is 5.06 Å². The minimum absolute atomic E-state index is 0.152. The zero-order valence-corrected chi connectivity index (χ0v) is 18.8. The lowest BCUT2D eigenvalue weighted by Gasteiger charge is -2.20. The van der Waals surface area contributed by atoms with Crippen molar-refractivity contribution in [2.24, 2.45) is 0 Å². The molecule has 4 aromatic rings. The number of para-hydroxylation sites is 1. The summed E-state index contributed by atoms with van der Waals surface area (Å²) in [5, 5.41) is 5.01. The Morgan fingerprint density at radius 2 is 2.03 bits per heavy atom. The Hall–Kier alpha value is -3.39. The van der Waals surface area contributed by atoms with Gasteiger partial charge in [0.25, 0.3) is 5.91 Å². The fourth-order valence-corrected chi connectivity index (χ4v) is 4.24. The Morgan fingerprint density at radius 1 is 1.23 bits per heavy atom. The van der Waals surface area contributed by atoms with Crippen LogP contribution < -0.4 is 15.0 Å². The molecule has 1 atom stereocenters. The molecule has 3 aromatic heterocycles. The van der Waals surface area contributed by atoms with Gasteiger partial charge in [-0.1, -0.05) is 29.5 Å². The predicted octanol–water partition coefficient (Wildman–Crippen LogP) is 4.12. The number of methoxy groups -OCH3 is 1. The Balaban J connectivity index is 1.70. The summed E-state index contributed by atoms with van der Waals surface area (Å²) >= 11 is 1.32. The van der Waals surface area contributed by atoms with Crippen LogP contribution in [0.4, 0.5) is 5.82 Å². The van der Waals surface area contributed by atoms with Crippen molar-refractivity contribution in [3.05, 3.63) is 70.6 Å². The highest BCUT2D eigenvalue weighted by atomic mass is 32.1. The molecule has 0 radical (unpaired) electrons. The van der Waals surface area contributed by atoms with Gasteiger partial charge in [0.15, 0.2) is 5.06 Å². The largest absolute Gasteiger partial charge is 0.487 e. The van der Waals surface area contributed by atoms with Crippen LogP contribution in [0.2, 0.25) is 0 Å². The molecular formula is C23H25N5O2S. The SMILES string of the molecule is COc1ccc(C(=O)NC(Cc2c[nH]c3ccccc23)c2cc(N(C)C)nc(C)n2)s1. The van der Waals surface area contributed by atoms with Crippen LogP contribution in [0.1, 0.15) is 32.8 Å². The van der Waals surface area contributed by atoms with Gasteiger partial charge in [-0.2, -0.15) is 0 Å². The zero-order valence-electron chi connectivity index (χ0n) is 18.0. The third kappa shape index (κ3) is 4.54. The first-order valence-corrected chi connectivity index (χ1v) is 10.8. The van der Waals surface area contributed by atoms with E-state index in [0.29, 0.717) is 22.2 Å². The van der Waals surface area contributed by atoms with Gasteiger partial charge in [-0.05, 0) is 30.7 Å². The number of aryl methyl sites for hydroxylation is 1. The molecule has 0 bridgehead atoms. The first kappa shape index (κ1) is 20.9. The average molecular weight is 436 g/mol. The molecule has 0 saturated heterocycles. The van der Waals surface area contributed by atoms with Crippen molar-refractivity contribution >= 4 is 34.0 Å². The Labute approximate surface area is 185 Å². The summed E-state index contributed by atoms with van der Waals surface area (Å²) in [6.45, 7) is 1.87. The lowest BCUT2D eigenvalue weighted by molar-refractivity contribution is 0.0939. The number of H-pyrrole nitrogens is 1. The van der Waals surface area contributed by atoms with Crippen LogP contribution in [0.25, 0.3) is 10.9 Å². The van der Waals surface area contributed by atoms with Crippen molar-refractivity contribution in [1.82, 2.24) is 20.3 Å². The number of hydrogen-bond acceptors (Lipinski definition) is 6. The molecule has 1 unspecified atom stereocenters. The molecule has 1 aromatic carbocycles. The van der Waals surface area contributed by atoms with Crippen molar-refractivity contribution in [2.45, 2.75) is 19.4 Å². The number of carbonyl (C=O) groups excluding carboxylic acids is 1. The highest BCUT2D eigenvalue weighted by molar-refractivity contribution is 7.15. The van der Waals surface area contributed by atoms with Crippen molar-refractivity contribution < 1.29 is 9.53 Å². The van der Waals surface area contributed by atoms with Gasteiger partial charge in [0.2, 0.25) is 0 Å². The summed E-state index contributed by atoms with van der Waals surface area (Å²) in [5.74, 6) is 1.32. The van der Waals surface area contributed by atoms with Gasteiger partial charge in [-0.3, -0.25) is 4.79 Å². The van der Waals surface area contributed by atoms with Crippen LogP contribution in [-0.4, -0.2) is 42.1 Å². The quantitative estimate of drug-likeness (QED) is 0.456. The van der Waals surface area contributed by atoms with Crippen LogP contribution >= 0.6 is 11.3 Å². The number of ether oxygens (including phenoxy) is 1. The second-order valence-corrected chi connectivity index (χ2v) is 8.55. The first-order valence-electron chi connectivity index (χ1n) is 9.97. The van der Waals surface area contributed by atoms with E-state index in [2.05, 4.69) is 26.3 Å². The lowest BCUT2D eigenvalue weighted by atomic mass is 10.0. The number of nitrogens with zero attached hydrogens (tertiary/aromatic N) is 3. The molecule has 2 N–H and O–H groups in total. The highest BCUT2D eigenvalue weighted by Gasteiger charge is 2.22. The average Bonchev–Trinajstić information content (AvgIpc) is 3.40. The Morgan fingerprint density at radius 3 is 2.77 bits per heavy atom. The summed E-state index contributed by atoms with van der Waals surface area (Å²) in [5.41, 5.74) is 2.96. The molecule has 0 saturated carbocycles. The van der Waals surface area contributed by atoms with Gasteiger partial charge < -0.3 is 19.9 Å². The molecule has 7 nitrogen and oxygen atoms in total. The standard InChI is InChI=1S/C23H25N5O2S/c1-14-25-19(12-21(26-14)28(2)3)18(27-23(29)20-9-10-22(30-4)31-20)11-15-13-24-17-8-6-5-7-16(15)17/h5-10,12-13,18,24H,11H2,1-4H3,(H,27,29). The Bertz CT molecular complexity index is 1210. The number of rotatable bonds is 7. The minimum Gasteiger partial charge on any atom is -0.487 e. The van der Waals surface area contributed by atoms with Gasteiger partial charge in [-0.25, -0.2) is 9.97 Å². The van der Waals surface area contributed by atoms with Gasteiger partial charge in [0.05, 0.1) is 23.7 Å². The number of aromatic amines is 1. The van der Waals surface area contributed by atoms with E-state index < -0.39 is 0 Å². The number of fused-ring (bicyclic) bond motifs is 1. The number of benzene rings is 1. The highest BCUT2D eigenvalue weighted by Crippen LogP contribution is 2.28. The monoisotopic (exact) mass is 435 g/mol. The number of aromatic nitrogens is 3. The number of hydrogen-bond donors (Lipinski definition) is 2. The van der Waals surface area contributed by atoms with E-state index in [1.807, 2.05) is 56.4 Å². The molecule has 0 fully saturated rings. The first-order chi connectivity index (χ1) is 14.9. The molecule has 8 heteroatoms. The molecule has 4 rings (SSSR count). The van der Waals surface area contributed by atoms with Crippen molar-refractivity contribution in [1.29, 1.82) is 0 Å². The summed E-state index contributed by atoms with van der Waals surface area (Å²) < 4.78 is 5.23. The number of amides is 1. The summed E-state index contributed by atoms with van der Waals surface area (Å²) in [4.78, 5) is 28.0. The van der Waals surface area contributed by atoms with Gasteiger partial charge in [0.1, 0.15) is 11.6 Å². The molecule has 0 aliphatic heterocycles. The van der Waals surface area contributed by atoms with Gasteiger partial charge in [0, 0.05) is 43.7 Å². The van der Waals surface area contributed by atoms with E-state index in [-0.39, 0.29) is 11.9 Å². The normalized spacial score (nSPS) is 12.0. The molecular weight excluding hydrogens is 410 g/mol. The maximum atomic E-state index is 13.0. The third-order valence-corrected chi connectivity index (χ3v) is 6.12. The Kier molecular flexibility index (Phi) is 5.90. The van der Waals surface area contributed by atoms with Crippen LogP contribution in [0, 0.1) is 6.92 Å². The number of thiophene rings is 1. The minimum atomic E-state index is -0.319. The lowest BCUT2D eigenvalue weighted by Crippen LogP contribution is -2.30. The van der Waals surface area contributed by atoms with Crippen LogP contribution in [0.3, 0.4) is 0 Å². The van der Waals surface area contributed by atoms with Crippen LogP contribution in [-0.2, 0) is 6.42 Å². The predicted molar refractivity (Wildman–Crippen MR) is 124 cm³/mol. The topological polar surface area (TPSA) is 83.1 Å². The zero-order chi connectivity index (χ0) is 22.0. The number of anilines is 1. The summed E-state index contributed by atoms with van der Waals surface area (Å²) in [6, 6.07) is 13.3. The van der Waals surface area contributed by atoms with E-state index >= 15 is 0 Å². The fourth-order valence-electron chi connectivity index (χ4n) is 3.51. The van der Waals surface area contributed by atoms with E-state index in [4.69, 9.17) is 4.74 Å². The number of carbonyl (C=O) groups is 1. The maximum absolute atomic E-state index is 13.0. The van der Waals surface area contributed by atoms with Gasteiger partial charge >= 0.3 is 0 Å². The smallest absolute Gasteiger partial charge is 0.262 e. The summed E-state index contributed by atoms with van der Waals surface area (Å²) in [6.07, 6.45) is 2.60. The van der Waals surface area contributed by atoms with E-state index in [9.17, 15) is 4.79 Å². The molecule has 160 valence electrons. The van der Waals surface area contributed by atoms with Crippen molar-refractivity contribution in [2.75, 3.05) is 26.1 Å². The van der Waals surface area contributed by atoms with Gasteiger partial charge in [-0.15, -0.1) is 0 Å². The summed E-state index contributed by atoms with van der Waals surface area (Å²) in [7, 11) is 5.48. The molecule has 3 heterocycles. The van der Waals surface area contributed by atoms with Crippen LogP contribution in [0.15, 0.2) is 48.7 Å². The molecule has 0 aliphatic carbocycles. The van der Waals surface area contributed by atoms with Crippen LogP contribution in [0.5, 0.6) is 5.06 Å². The molecule has 1 amide bonds. The molecule has 31 heavy (non-hydrogen) atoms. The fraction of sp³-hybridized carbons (Fsp3) is 0.261. The van der Waals surface area contributed by atoms with E-state index in [0.717, 1.165) is 28.0 Å². The second-order valence-electron chi connectivity index (χ2n) is 7.51. The number of nitrogens with one attached hydrogen (secondary N) is 2. The maximum Gasteiger partial charge on any atom is 0.262 e. The van der Waals surface area contributed by atoms with E-state index in [1.54, 1.807) is 19.2 Å². The second kappa shape index (κ2) is 8.77. The molecule has 0 spiro atoms. The third-order valence-electron chi connectivity index (χ3n) is 5.07. The molecule has 0 aliphatic rings.